The van der Waals surface area contributed by atoms with Crippen LogP contribution in [0, 0.1) is 5.82 Å². The molecule has 3 rings (SSSR count). The maximum atomic E-state index is 13.1. The van der Waals surface area contributed by atoms with E-state index in [1.54, 1.807) is 17.4 Å². The van der Waals surface area contributed by atoms with E-state index >= 15 is 0 Å². The van der Waals surface area contributed by atoms with Gasteiger partial charge in [-0.25, -0.2) is 4.39 Å². The highest BCUT2D eigenvalue weighted by atomic mass is 32.1. The molecular formula is C16H21FN2S. The van der Waals surface area contributed by atoms with Crippen LogP contribution in [0.15, 0.2) is 24.3 Å². The molecular weight excluding hydrogens is 271 g/mol. The molecule has 20 heavy (non-hydrogen) atoms. The van der Waals surface area contributed by atoms with Gasteiger partial charge in [0, 0.05) is 16.1 Å². The van der Waals surface area contributed by atoms with Crippen LogP contribution in [0.4, 0.5) is 4.39 Å². The Morgan fingerprint density at radius 1 is 1.20 bits per heavy atom. The molecule has 1 aliphatic heterocycles. The van der Waals surface area contributed by atoms with Gasteiger partial charge >= 0.3 is 0 Å². The van der Waals surface area contributed by atoms with Gasteiger partial charge in [-0.05, 0) is 75.1 Å². The summed E-state index contributed by atoms with van der Waals surface area (Å²) in [5.74, 6) is -0.152. The van der Waals surface area contributed by atoms with Crippen LogP contribution < -0.4 is 5.32 Å². The lowest BCUT2D eigenvalue weighted by Crippen LogP contribution is -2.24. The van der Waals surface area contributed by atoms with Gasteiger partial charge in [0.1, 0.15) is 5.82 Å². The fourth-order valence-corrected chi connectivity index (χ4v) is 3.82. The van der Waals surface area contributed by atoms with Gasteiger partial charge in [0.2, 0.25) is 0 Å². The molecule has 0 spiro atoms. The van der Waals surface area contributed by atoms with Gasteiger partial charge in [0.05, 0.1) is 0 Å². The number of rotatable bonds is 6. The summed E-state index contributed by atoms with van der Waals surface area (Å²) >= 11 is 1.75. The Balaban J connectivity index is 1.42. The van der Waals surface area contributed by atoms with Crippen LogP contribution in [0.3, 0.4) is 0 Å². The summed E-state index contributed by atoms with van der Waals surface area (Å²) in [6.45, 7) is 5.72. The average Bonchev–Trinajstić information content (AvgIpc) is 3.06. The standard InChI is InChI=1S/C16H21FN2S/c17-14-4-5-16-13(10-14)11-15(20-16)12-18-6-3-9-19-7-1-2-8-19/h4-5,10-11,18H,1-3,6-9,12H2. The number of thiophene rings is 1. The Morgan fingerprint density at radius 3 is 2.90 bits per heavy atom. The molecule has 1 aliphatic rings. The second-order valence-corrected chi connectivity index (χ2v) is 6.64. The highest BCUT2D eigenvalue weighted by molar-refractivity contribution is 7.19. The van der Waals surface area contributed by atoms with E-state index in [0.29, 0.717) is 0 Å². The van der Waals surface area contributed by atoms with E-state index in [1.807, 2.05) is 6.07 Å². The zero-order valence-corrected chi connectivity index (χ0v) is 12.5. The van der Waals surface area contributed by atoms with Crippen LogP contribution in [0.25, 0.3) is 10.1 Å². The Kier molecular flexibility index (Phi) is 4.65. The van der Waals surface area contributed by atoms with E-state index in [0.717, 1.165) is 18.5 Å². The lowest BCUT2D eigenvalue weighted by Gasteiger charge is -2.14. The van der Waals surface area contributed by atoms with Crippen molar-refractivity contribution < 1.29 is 4.39 Å². The third kappa shape index (κ3) is 3.57. The molecule has 0 bridgehead atoms. The number of nitrogens with zero attached hydrogens (tertiary/aromatic N) is 1. The average molecular weight is 292 g/mol. The second kappa shape index (κ2) is 6.66. The van der Waals surface area contributed by atoms with E-state index in [-0.39, 0.29) is 5.82 Å². The smallest absolute Gasteiger partial charge is 0.123 e. The van der Waals surface area contributed by atoms with Gasteiger partial charge < -0.3 is 10.2 Å². The molecule has 2 heterocycles. The van der Waals surface area contributed by atoms with Gasteiger partial charge in [-0.1, -0.05) is 0 Å². The minimum atomic E-state index is -0.152. The molecule has 1 aromatic heterocycles. The van der Waals surface area contributed by atoms with Crippen LogP contribution in [-0.4, -0.2) is 31.1 Å². The minimum Gasteiger partial charge on any atom is -0.312 e. The molecule has 0 amide bonds. The lowest BCUT2D eigenvalue weighted by atomic mass is 10.2. The first-order valence-electron chi connectivity index (χ1n) is 7.42. The van der Waals surface area contributed by atoms with Crippen molar-refractivity contribution in [3.05, 3.63) is 35.0 Å². The molecule has 108 valence electrons. The number of benzene rings is 1. The second-order valence-electron chi connectivity index (χ2n) is 5.47. The molecule has 1 aromatic carbocycles. The van der Waals surface area contributed by atoms with Crippen molar-refractivity contribution in [2.24, 2.45) is 0 Å². The number of fused-ring (bicyclic) bond motifs is 1. The van der Waals surface area contributed by atoms with Crippen molar-refractivity contribution in [3.8, 4) is 0 Å². The number of hydrogen-bond acceptors (Lipinski definition) is 3. The SMILES string of the molecule is Fc1ccc2sc(CNCCCN3CCCC3)cc2c1. The first-order chi connectivity index (χ1) is 9.81. The van der Waals surface area contributed by atoms with Crippen molar-refractivity contribution in [3.63, 3.8) is 0 Å². The topological polar surface area (TPSA) is 15.3 Å². The maximum Gasteiger partial charge on any atom is 0.123 e. The fourth-order valence-electron chi connectivity index (χ4n) is 2.80. The van der Waals surface area contributed by atoms with Crippen LogP contribution in [0.1, 0.15) is 24.1 Å². The summed E-state index contributed by atoms with van der Waals surface area (Å²) in [4.78, 5) is 3.83. The number of halogens is 1. The van der Waals surface area contributed by atoms with E-state index in [9.17, 15) is 4.39 Å². The predicted octanol–water partition coefficient (Wildman–Crippen LogP) is 3.62. The summed E-state index contributed by atoms with van der Waals surface area (Å²) in [5.41, 5.74) is 0. The van der Waals surface area contributed by atoms with E-state index in [1.165, 1.54) is 54.5 Å². The zero-order valence-electron chi connectivity index (χ0n) is 11.7. The van der Waals surface area contributed by atoms with Crippen molar-refractivity contribution in [2.45, 2.75) is 25.8 Å². The first-order valence-corrected chi connectivity index (χ1v) is 8.24. The van der Waals surface area contributed by atoms with E-state index in [4.69, 9.17) is 0 Å². The van der Waals surface area contributed by atoms with Crippen molar-refractivity contribution in [2.75, 3.05) is 26.2 Å². The summed E-state index contributed by atoms with van der Waals surface area (Å²) in [6, 6.07) is 7.11. The van der Waals surface area contributed by atoms with Gasteiger partial charge in [-0.2, -0.15) is 0 Å². The van der Waals surface area contributed by atoms with Crippen molar-refractivity contribution in [1.82, 2.24) is 10.2 Å². The first kappa shape index (κ1) is 14.0. The van der Waals surface area contributed by atoms with Crippen molar-refractivity contribution in [1.29, 1.82) is 0 Å². The van der Waals surface area contributed by atoms with Crippen LogP contribution in [0.2, 0.25) is 0 Å². The molecule has 0 radical (unpaired) electrons. The van der Waals surface area contributed by atoms with E-state index < -0.39 is 0 Å². The maximum absolute atomic E-state index is 13.1. The minimum absolute atomic E-state index is 0.152. The normalized spacial score (nSPS) is 16.2. The summed E-state index contributed by atoms with van der Waals surface area (Å²) < 4.78 is 14.3. The predicted molar refractivity (Wildman–Crippen MR) is 83.8 cm³/mol. The van der Waals surface area contributed by atoms with Gasteiger partial charge in [0.25, 0.3) is 0 Å². The Labute approximate surface area is 123 Å². The molecule has 1 N–H and O–H groups in total. The Morgan fingerprint density at radius 2 is 2.05 bits per heavy atom. The lowest BCUT2D eigenvalue weighted by molar-refractivity contribution is 0.331. The molecule has 0 unspecified atom stereocenters. The summed E-state index contributed by atoms with van der Waals surface area (Å²) in [7, 11) is 0. The van der Waals surface area contributed by atoms with Crippen LogP contribution in [0.5, 0.6) is 0 Å². The largest absolute Gasteiger partial charge is 0.312 e. The monoisotopic (exact) mass is 292 g/mol. The third-order valence-corrected chi connectivity index (χ3v) is 4.97. The van der Waals surface area contributed by atoms with Gasteiger partial charge in [0.15, 0.2) is 0 Å². The van der Waals surface area contributed by atoms with Crippen LogP contribution >= 0.6 is 11.3 Å². The summed E-state index contributed by atoms with van der Waals surface area (Å²) in [6.07, 6.45) is 3.94. The van der Waals surface area contributed by atoms with Gasteiger partial charge in [-0.15, -0.1) is 11.3 Å². The number of hydrogen-bond donors (Lipinski definition) is 1. The molecule has 4 heteroatoms. The quantitative estimate of drug-likeness (QED) is 0.818. The Bertz CT molecular complexity index is 561. The molecule has 1 fully saturated rings. The molecule has 2 nitrogen and oxygen atoms in total. The van der Waals surface area contributed by atoms with Crippen molar-refractivity contribution >= 4 is 21.4 Å². The highest BCUT2D eigenvalue weighted by Gasteiger charge is 2.10. The fraction of sp³-hybridized carbons (Fsp3) is 0.500. The van der Waals surface area contributed by atoms with Gasteiger partial charge in [-0.3, -0.25) is 0 Å². The van der Waals surface area contributed by atoms with E-state index in [2.05, 4.69) is 16.3 Å². The molecule has 1 saturated heterocycles. The highest BCUT2D eigenvalue weighted by Crippen LogP contribution is 2.26. The summed E-state index contributed by atoms with van der Waals surface area (Å²) in [5, 5.41) is 4.51. The molecule has 2 aromatic rings. The zero-order chi connectivity index (χ0) is 13.8. The Hall–Kier alpha value is -0.970. The van der Waals surface area contributed by atoms with Crippen LogP contribution in [-0.2, 0) is 6.54 Å². The molecule has 0 saturated carbocycles. The third-order valence-electron chi connectivity index (χ3n) is 3.86. The molecule has 0 aliphatic carbocycles. The molecule has 0 atom stereocenters. The number of nitrogens with one attached hydrogen (secondary N) is 1. The number of likely N-dealkylation sites (tertiary alicyclic amines) is 1.